The number of aliphatic hydroxyl groups excluding tert-OH is 1. The summed E-state index contributed by atoms with van der Waals surface area (Å²) in [5.74, 6) is 0.675. The first kappa shape index (κ1) is 19.2. The van der Waals surface area contributed by atoms with Crippen LogP contribution in [0, 0.1) is 13.8 Å². The van der Waals surface area contributed by atoms with Crippen LogP contribution in [-0.4, -0.2) is 45.7 Å². The van der Waals surface area contributed by atoms with Crippen molar-refractivity contribution in [2.24, 2.45) is 7.05 Å². The summed E-state index contributed by atoms with van der Waals surface area (Å²) in [6.07, 6.45) is 2.88. The molecule has 0 bridgehead atoms. The maximum Gasteiger partial charge on any atom is 0.142 e. The Labute approximate surface area is 170 Å². The van der Waals surface area contributed by atoms with Crippen molar-refractivity contribution < 1.29 is 5.11 Å². The average molecular weight is 397 g/mol. The Balaban J connectivity index is 1.46. The standard InChI is InChI=1S/C22H28N4OS/c1-16-14-18(17(2)28-16)15-25-10-12-26(13-11-25)20-7-5-4-6-19(20)21(27)22-23-8-9-24(22)3/h4-9,14,21,27H,10-13,15H2,1-3H3. The lowest BCUT2D eigenvalue weighted by Gasteiger charge is -2.37. The van der Waals surface area contributed by atoms with Gasteiger partial charge in [-0.3, -0.25) is 4.90 Å². The Kier molecular flexibility index (Phi) is 5.53. The van der Waals surface area contributed by atoms with E-state index in [1.165, 1.54) is 15.3 Å². The minimum Gasteiger partial charge on any atom is -0.380 e. The number of hydrogen-bond acceptors (Lipinski definition) is 5. The van der Waals surface area contributed by atoms with Crippen molar-refractivity contribution in [3.8, 4) is 0 Å². The van der Waals surface area contributed by atoms with Gasteiger partial charge in [0.25, 0.3) is 0 Å². The number of imidazole rings is 1. The molecule has 6 heteroatoms. The van der Waals surface area contributed by atoms with Gasteiger partial charge in [0.05, 0.1) is 0 Å². The highest BCUT2D eigenvalue weighted by Gasteiger charge is 2.24. The van der Waals surface area contributed by atoms with E-state index in [0.29, 0.717) is 5.82 Å². The number of anilines is 1. The van der Waals surface area contributed by atoms with Gasteiger partial charge >= 0.3 is 0 Å². The van der Waals surface area contributed by atoms with Gasteiger partial charge in [0, 0.05) is 73.2 Å². The first-order valence-electron chi connectivity index (χ1n) is 9.80. The molecular formula is C22H28N4OS. The molecule has 1 N–H and O–H groups in total. The Morgan fingerprint density at radius 1 is 1.14 bits per heavy atom. The third-order valence-corrected chi connectivity index (χ3v) is 6.59. The number of piperazine rings is 1. The molecule has 4 rings (SSSR count). The Morgan fingerprint density at radius 3 is 2.54 bits per heavy atom. The van der Waals surface area contributed by atoms with E-state index >= 15 is 0 Å². The molecule has 0 spiro atoms. The second kappa shape index (κ2) is 8.07. The molecule has 3 aromatic rings. The highest BCUT2D eigenvalue weighted by molar-refractivity contribution is 7.12. The summed E-state index contributed by atoms with van der Waals surface area (Å²) >= 11 is 1.89. The quantitative estimate of drug-likeness (QED) is 0.717. The summed E-state index contributed by atoms with van der Waals surface area (Å²) in [7, 11) is 1.92. The molecule has 1 atom stereocenters. The van der Waals surface area contributed by atoms with Crippen LogP contribution >= 0.6 is 11.3 Å². The average Bonchev–Trinajstić information content (AvgIpc) is 3.26. The molecule has 28 heavy (non-hydrogen) atoms. The monoisotopic (exact) mass is 396 g/mol. The summed E-state index contributed by atoms with van der Waals surface area (Å²) in [6, 6.07) is 10.5. The summed E-state index contributed by atoms with van der Waals surface area (Å²) in [6.45, 7) is 9.42. The van der Waals surface area contributed by atoms with Crippen LogP contribution in [0.1, 0.15) is 32.8 Å². The molecule has 0 saturated carbocycles. The number of aryl methyl sites for hydroxylation is 3. The molecule has 1 fully saturated rings. The van der Waals surface area contributed by atoms with Crippen molar-refractivity contribution in [2.75, 3.05) is 31.1 Å². The number of benzene rings is 1. The van der Waals surface area contributed by atoms with Crippen LogP contribution in [0.5, 0.6) is 0 Å². The van der Waals surface area contributed by atoms with Crippen molar-refractivity contribution in [2.45, 2.75) is 26.5 Å². The van der Waals surface area contributed by atoms with E-state index in [-0.39, 0.29) is 0 Å². The van der Waals surface area contributed by atoms with Gasteiger partial charge in [-0.05, 0) is 31.5 Å². The maximum atomic E-state index is 10.9. The molecule has 1 saturated heterocycles. The SMILES string of the molecule is Cc1cc(CN2CCN(c3ccccc3C(O)c3nccn3C)CC2)c(C)s1. The summed E-state index contributed by atoms with van der Waals surface area (Å²) in [4.78, 5) is 12.1. The lowest BCUT2D eigenvalue weighted by atomic mass is 10.0. The smallest absolute Gasteiger partial charge is 0.142 e. The molecule has 0 radical (unpaired) electrons. The van der Waals surface area contributed by atoms with E-state index in [9.17, 15) is 5.11 Å². The lowest BCUT2D eigenvalue weighted by Crippen LogP contribution is -2.46. The molecular weight excluding hydrogens is 368 g/mol. The fraction of sp³-hybridized carbons (Fsp3) is 0.409. The Hall–Kier alpha value is -2.15. The number of rotatable bonds is 5. The summed E-state index contributed by atoms with van der Waals surface area (Å²) < 4.78 is 1.88. The van der Waals surface area contributed by atoms with Crippen LogP contribution in [0.25, 0.3) is 0 Å². The van der Waals surface area contributed by atoms with Gasteiger partial charge in [-0.1, -0.05) is 18.2 Å². The Morgan fingerprint density at radius 2 is 1.89 bits per heavy atom. The topological polar surface area (TPSA) is 44.5 Å². The highest BCUT2D eigenvalue weighted by Crippen LogP contribution is 2.31. The molecule has 2 aromatic heterocycles. The van der Waals surface area contributed by atoms with Gasteiger partial charge in [0.2, 0.25) is 0 Å². The van der Waals surface area contributed by atoms with E-state index in [2.05, 4.69) is 40.8 Å². The summed E-state index contributed by atoms with van der Waals surface area (Å²) in [5.41, 5.74) is 3.50. The minimum atomic E-state index is -0.717. The molecule has 3 heterocycles. The van der Waals surface area contributed by atoms with Crippen LogP contribution in [0.3, 0.4) is 0 Å². The van der Waals surface area contributed by atoms with Crippen LogP contribution in [0.15, 0.2) is 42.7 Å². The van der Waals surface area contributed by atoms with E-state index in [0.717, 1.165) is 44.0 Å². The summed E-state index contributed by atoms with van der Waals surface area (Å²) in [5, 5.41) is 10.9. The minimum absolute atomic E-state index is 0.675. The van der Waals surface area contributed by atoms with Crippen molar-refractivity contribution in [1.29, 1.82) is 0 Å². The molecule has 0 aliphatic carbocycles. The largest absolute Gasteiger partial charge is 0.380 e. The number of hydrogen-bond donors (Lipinski definition) is 1. The van der Waals surface area contributed by atoms with E-state index in [1.807, 2.05) is 47.3 Å². The number of para-hydroxylation sites is 1. The van der Waals surface area contributed by atoms with Crippen LogP contribution in [0.4, 0.5) is 5.69 Å². The lowest BCUT2D eigenvalue weighted by molar-refractivity contribution is 0.205. The second-order valence-corrected chi connectivity index (χ2v) is 9.02. The zero-order chi connectivity index (χ0) is 19.7. The van der Waals surface area contributed by atoms with E-state index in [4.69, 9.17) is 0 Å². The van der Waals surface area contributed by atoms with Gasteiger partial charge in [0.1, 0.15) is 11.9 Å². The van der Waals surface area contributed by atoms with E-state index < -0.39 is 6.10 Å². The molecule has 148 valence electrons. The number of aliphatic hydroxyl groups is 1. The van der Waals surface area contributed by atoms with Gasteiger partial charge in [-0.2, -0.15) is 0 Å². The van der Waals surface area contributed by atoms with Crippen molar-refractivity contribution in [3.05, 3.63) is 69.4 Å². The van der Waals surface area contributed by atoms with Crippen LogP contribution < -0.4 is 4.90 Å². The number of aromatic nitrogens is 2. The second-order valence-electron chi connectivity index (χ2n) is 7.56. The zero-order valence-electron chi connectivity index (χ0n) is 16.8. The zero-order valence-corrected chi connectivity index (χ0v) is 17.6. The van der Waals surface area contributed by atoms with Crippen molar-refractivity contribution in [1.82, 2.24) is 14.5 Å². The fourth-order valence-electron chi connectivity index (χ4n) is 4.01. The third kappa shape index (κ3) is 3.85. The Bertz CT molecular complexity index is 940. The predicted octanol–water partition coefficient (Wildman–Crippen LogP) is 3.50. The van der Waals surface area contributed by atoms with Crippen LogP contribution in [0.2, 0.25) is 0 Å². The van der Waals surface area contributed by atoms with Gasteiger partial charge in [-0.25, -0.2) is 4.98 Å². The fourth-order valence-corrected chi connectivity index (χ4v) is 4.95. The highest BCUT2D eigenvalue weighted by atomic mass is 32.1. The van der Waals surface area contributed by atoms with Crippen molar-refractivity contribution >= 4 is 17.0 Å². The van der Waals surface area contributed by atoms with Gasteiger partial charge < -0.3 is 14.6 Å². The number of nitrogens with zero attached hydrogens (tertiary/aromatic N) is 4. The first-order chi connectivity index (χ1) is 13.5. The van der Waals surface area contributed by atoms with Crippen molar-refractivity contribution in [3.63, 3.8) is 0 Å². The van der Waals surface area contributed by atoms with Crippen LogP contribution in [-0.2, 0) is 13.6 Å². The maximum absolute atomic E-state index is 10.9. The molecule has 0 amide bonds. The molecule has 5 nitrogen and oxygen atoms in total. The van der Waals surface area contributed by atoms with Gasteiger partial charge in [-0.15, -0.1) is 11.3 Å². The third-order valence-electron chi connectivity index (χ3n) is 5.59. The van der Waals surface area contributed by atoms with E-state index in [1.54, 1.807) is 6.20 Å². The number of thiophene rings is 1. The predicted molar refractivity (Wildman–Crippen MR) is 115 cm³/mol. The molecule has 1 unspecified atom stereocenters. The molecule has 1 aliphatic heterocycles. The normalized spacial score (nSPS) is 16.5. The van der Waals surface area contributed by atoms with Gasteiger partial charge in [0.15, 0.2) is 0 Å². The molecule has 1 aromatic carbocycles. The first-order valence-corrected chi connectivity index (χ1v) is 10.6. The molecule has 1 aliphatic rings.